The van der Waals surface area contributed by atoms with Gasteiger partial charge in [0.25, 0.3) is 4.74 Å². The van der Waals surface area contributed by atoms with E-state index in [9.17, 15) is 21.6 Å². The second-order valence-electron chi connectivity index (χ2n) is 6.05. The molecule has 3 aromatic rings. The van der Waals surface area contributed by atoms with Crippen LogP contribution in [0.4, 0.5) is 0 Å². The fourth-order valence-corrected chi connectivity index (χ4v) is 7.40. The van der Waals surface area contributed by atoms with E-state index in [1.807, 2.05) is 0 Å². The number of methoxy groups -OCH3 is 1. The minimum atomic E-state index is -4.37. The number of rotatable bonds is 6. The largest absolute Gasteiger partial charge is 0.497 e. The van der Waals surface area contributed by atoms with Gasteiger partial charge in [-0.2, -0.15) is 0 Å². The van der Waals surface area contributed by atoms with E-state index in [1.165, 1.54) is 19.3 Å². The van der Waals surface area contributed by atoms with Crippen LogP contribution in [0.25, 0.3) is 16.2 Å². The molecule has 0 bridgehead atoms. The molecule has 0 atom stereocenters. The maximum Gasteiger partial charge on any atom is 0.251 e. The number of benzene rings is 2. The van der Waals surface area contributed by atoms with Crippen LogP contribution in [0, 0.1) is 0 Å². The molecule has 29 heavy (non-hydrogen) atoms. The Morgan fingerprint density at radius 3 is 2.38 bits per heavy atom. The van der Waals surface area contributed by atoms with Gasteiger partial charge in [-0.3, -0.25) is 4.79 Å². The number of ether oxygens (including phenoxy) is 1. The summed E-state index contributed by atoms with van der Waals surface area (Å²) in [6.45, 7) is 0. The molecule has 0 aliphatic rings. The summed E-state index contributed by atoms with van der Waals surface area (Å²) < 4.78 is 54.8. The highest BCUT2D eigenvalue weighted by atomic mass is 35.5. The minimum absolute atomic E-state index is 0.377. The molecule has 0 amide bonds. The maximum atomic E-state index is 12.6. The van der Waals surface area contributed by atoms with Crippen molar-refractivity contribution in [3.8, 4) is 5.75 Å². The molecule has 0 unspecified atom stereocenters. The van der Waals surface area contributed by atoms with Gasteiger partial charge in [-0.05, 0) is 53.4 Å². The Kier molecular flexibility index (Phi) is 6.13. The summed E-state index contributed by atoms with van der Waals surface area (Å²) in [7, 11) is -7.01. The average Bonchev–Trinajstić information content (AvgIpc) is 2.65. The first-order valence-electron chi connectivity index (χ1n) is 8.11. The van der Waals surface area contributed by atoms with Gasteiger partial charge in [0.05, 0.1) is 7.11 Å². The van der Waals surface area contributed by atoms with E-state index in [4.69, 9.17) is 16.3 Å². The molecule has 3 rings (SSSR count). The Morgan fingerprint density at radius 2 is 1.72 bits per heavy atom. The van der Waals surface area contributed by atoms with Crippen LogP contribution in [0.15, 0.2) is 63.6 Å². The minimum Gasteiger partial charge on any atom is -0.497 e. The van der Waals surface area contributed by atoms with Crippen molar-refractivity contribution in [2.45, 2.75) is 4.90 Å². The van der Waals surface area contributed by atoms with Crippen LogP contribution in [0.3, 0.4) is 0 Å². The highest BCUT2D eigenvalue weighted by Crippen LogP contribution is 2.24. The number of sulfone groups is 2. The van der Waals surface area contributed by atoms with E-state index in [-0.39, 0.29) is 0 Å². The van der Waals surface area contributed by atoms with Crippen molar-refractivity contribution >= 4 is 58.8 Å². The van der Waals surface area contributed by atoms with Crippen LogP contribution in [0.2, 0.25) is 5.02 Å². The first-order valence-corrected chi connectivity index (χ1v) is 12.7. The third-order valence-electron chi connectivity index (χ3n) is 3.90. The van der Waals surface area contributed by atoms with Crippen molar-refractivity contribution in [1.82, 2.24) is 0 Å². The summed E-state index contributed by atoms with van der Waals surface area (Å²) >= 11 is 6.64. The zero-order valence-electron chi connectivity index (χ0n) is 15.0. The summed E-state index contributed by atoms with van der Waals surface area (Å²) in [6, 6.07) is 12.4. The molecule has 0 fully saturated rings. The number of hydrogen-bond donors (Lipinski definition) is 0. The molecule has 10 heteroatoms. The van der Waals surface area contributed by atoms with E-state index < -0.39 is 34.4 Å². The Morgan fingerprint density at radius 1 is 1.03 bits per heavy atom. The highest BCUT2D eigenvalue weighted by Gasteiger charge is 2.26. The van der Waals surface area contributed by atoms with Gasteiger partial charge in [0, 0.05) is 15.1 Å². The lowest BCUT2D eigenvalue weighted by Crippen LogP contribution is -2.20. The second kappa shape index (κ2) is 8.27. The molecular weight excluding hydrogens is 456 g/mol. The third kappa shape index (κ3) is 5.24. The van der Waals surface area contributed by atoms with Crippen molar-refractivity contribution in [2.24, 2.45) is 0 Å². The normalized spacial score (nSPS) is 12.5. The Hall–Kier alpha value is -2.20. The number of fused-ring (bicyclic) bond motifs is 1. The van der Waals surface area contributed by atoms with Crippen molar-refractivity contribution in [3.05, 3.63) is 74.1 Å². The van der Waals surface area contributed by atoms with Crippen molar-refractivity contribution in [2.75, 3.05) is 12.2 Å². The SMILES string of the molecule is COc1ccc(C=CS(=O)(=O)CS(=O)(=O)c2cc3cc(Cl)ccc3sc2=O)cc1. The van der Waals surface area contributed by atoms with Crippen LogP contribution in [-0.2, 0) is 19.7 Å². The number of halogens is 1. The Labute approximate surface area is 176 Å². The van der Waals surface area contributed by atoms with Crippen LogP contribution >= 0.6 is 22.9 Å². The monoisotopic (exact) mass is 470 g/mol. The molecule has 0 saturated heterocycles. The predicted molar refractivity (Wildman–Crippen MR) is 116 cm³/mol. The average molecular weight is 471 g/mol. The summed E-state index contributed by atoms with van der Waals surface area (Å²) in [5, 5.41) is 0.437. The zero-order chi connectivity index (χ0) is 21.2. The van der Waals surface area contributed by atoms with E-state index >= 15 is 0 Å². The van der Waals surface area contributed by atoms with E-state index in [1.54, 1.807) is 36.4 Å². The van der Waals surface area contributed by atoms with Gasteiger partial charge < -0.3 is 4.74 Å². The van der Waals surface area contributed by atoms with Gasteiger partial charge in [-0.25, -0.2) is 16.8 Å². The molecular formula is C19H15ClO6S3. The first-order chi connectivity index (χ1) is 13.6. The summed E-state index contributed by atoms with van der Waals surface area (Å²) in [5.41, 5.74) is 0.554. The fraction of sp³-hybridized carbons (Fsp3) is 0.105. The predicted octanol–water partition coefficient (Wildman–Crippen LogP) is 3.74. The molecule has 1 aromatic heterocycles. The topological polar surface area (TPSA) is 94.6 Å². The Bertz CT molecular complexity index is 1360. The summed E-state index contributed by atoms with van der Waals surface area (Å²) in [5.74, 6) is 0.605. The van der Waals surface area contributed by atoms with Crippen molar-refractivity contribution < 1.29 is 21.6 Å². The van der Waals surface area contributed by atoms with Gasteiger partial charge in [-0.1, -0.05) is 35.1 Å². The smallest absolute Gasteiger partial charge is 0.251 e. The van der Waals surface area contributed by atoms with Crippen molar-refractivity contribution in [1.29, 1.82) is 0 Å². The fourth-order valence-electron chi connectivity index (χ4n) is 2.51. The van der Waals surface area contributed by atoms with Crippen LogP contribution in [0.5, 0.6) is 5.75 Å². The van der Waals surface area contributed by atoms with Crippen LogP contribution in [-0.4, -0.2) is 29.0 Å². The standard InChI is InChI=1S/C19H15ClO6S3/c1-26-16-5-2-13(3-6-16)8-9-28(22,23)12-29(24,25)18-11-14-10-15(20)4-7-17(14)27-19(18)21/h2-11H,12H2,1H3. The van der Waals surface area contributed by atoms with Gasteiger partial charge in [0.15, 0.2) is 24.8 Å². The molecule has 0 N–H and O–H groups in total. The molecule has 2 aromatic carbocycles. The molecule has 152 valence electrons. The quantitative estimate of drug-likeness (QED) is 0.544. The van der Waals surface area contributed by atoms with Crippen LogP contribution in [0.1, 0.15) is 5.56 Å². The lowest BCUT2D eigenvalue weighted by Gasteiger charge is -2.05. The summed E-state index contributed by atoms with van der Waals surface area (Å²) in [6.07, 6.45) is 1.28. The molecule has 0 aliphatic carbocycles. The van der Waals surface area contributed by atoms with E-state index in [0.29, 0.717) is 26.4 Å². The lowest BCUT2D eigenvalue weighted by atomic mass is 10.2. The van der Waals surface area contributed by atoms with Crippen LogP contribution < -0.4 is 9.48 Å². The summed E-state index contributed by atoms with van der Waals surface area (Å²) in [4.78, 5) is 11.7. The lowest BCUT2D eigenvalue weighted by molar-refractivity contribution is 0.415. The molecule has 6 nitrogen and oxygen atoms in total. The zero-order valence-corrected chi connectivity index (χ0v) is 18.2. The Balaban J connectivity index is 1.91. The van der Waals surface area contributed by atoms with Gasteiger partial charge >= 0.3 is 0 Å². The van der Waals surface area contributed by atoms with Gasteiger partial charge in [0.1, 0.15) is 10.6 Å². The molecule has 0 saturated carbocycles. The second-order valence-corrected chi connectivity index (χ2v) is 11.7. The first kappa shape index (κ1) is 21.5. The molecule has 0 aliphatic heterocycles. The highest BCUT2D eigenvalue weighted by molar-refractivity contribution is 8.09. The van der Waals surface area contributed by atoms with Crippen molar-refractivity contribution in [3.63, 3.8) is 0 Å². The third-order valence-corrected chi connectivity index (χ3v) is 9.34. The maximum absolute atomic E-state index is 12.6. The molecule has 1 heterocycles. The van der Waals surface area contributed by atoms with E-state index in [0.717, 1.165) is 22.8 Å². The molecule has 0 radical (unpaired) electrons. The van der Waals surface area contributed by atoms with E-state index in [2.05, 4.69) is 0 Å². The van der Waals surface area contributed by atoms with Gasteiger partial charge in [-0.15, -0.1) is 0 Å². The number of hydrogen-bond acceptors (Lipinski definition) is 7. The van der Waals surface area contributed by atoms with Gasteiger partial charge in [0.2, 0.25) is 0 Å². The molecule has 0 spiro atoms.